The second-order valence-electron chi connectivity index (χ2n) is 9.37. The van der Waals surface area contributed by atoms with Gasteiger partial charge < -0.3 is 9.64 Å². The van der Waals surface area contributed by atoms with Gasteiger partial charge in [0.05, 0.1) is 21.7 Å². The van der Waals surface area contributed by atoms with Crippen molar-refractivity contribution in [1.82, 2.24) is 0 Å². The first kappa shape index (κ1) is 24.1. The van der Waals surface area contributed by atoms with Gasteiger partial charge in [0, 0.05) is 6.54 Å². The van der Waals surface area contributed by atoms with E-state index in [1.165, 1.54) is 0 Å². The van der Waals surface area contributed by atoms with Crippen LogP contribution in [0.4, 0.5) is 11.4 Å². The SMILES string of the molecule is CCCN1C(=O)C(C)(C)COc2ccc(NS(=O)(=O)c3c(C)c(C)c(C)c(C)c3C)cc21. The lowest BCUT2D eigenvalue weighted by Crippen LogP contribution is -2.42. The Morgan fingerprint density at radius 2 is 1.56 bits per heavy atom. The molecule has 0 fully saturated rings. The number of nitrogens with one attached hydrogen (secondary N) is 1. The first-order valence-electron chi connectivity index (χ1n) is 11.0. The van der Waals surface area contributed by atoms with Gasteiger partial charge in [0.25, 0.3) is 10.0 Å². The van der Waals surface area contributed by atoms with Crippen LogP contribution in [-0.4, -0.2) is 27.5 Å². The highest BCUT2D eigenvalue weighted by Gasteiger charge is 2.37. The number of ether oxygens (including phenoxy) is 1. The molecule has 32 heavy (non-hydrogen) atoms. The molecule has 174 valence electrons. The number of anilines is 2. The Kier molecular flexibility index (Phi) is 6.35. The van der Waals surface area contributed by atoms with Crippen LogP contribution in [0.2, 0.25) is 0 Å². The third-order valence-corrected chi connectivity index (χ3v) is 8.22. The van der Waals surface area contributed by atoms with E-state index in [-0.39, 0.29) is 12.5 Å². The Hall–Kier alpha value is -2.54. The smallest absolute Gasteiger partial charge is 0.262 e. The molecule has 2 aromatic carbocycles. The lowest BCUT2D eigenvalue weighted by atomic mass is 9.93. The van der Waals surface area contributed by atoms with Gasteiger partial charge in [-0.3, -0.25) is 9.52 Å². The van der Waals surface area contributed by atoms with E-state index in [0.717, 1.165) is 34.2 Å². The van der Waals surface area contributed by atoms with Crippen molar-refractivity contribution in [2.24, 2.45) is 5.41 Å². The van der Waals surface area contributed by atoms with Gasteiger partial charge >= 0.3 is 0 Å². The van der Waals surface area contributed by atoms with E-state index in [1.807, 2.05) is 55.4 Å². The number of carbonyl (C=O) groups is 1. The maximum atomic E-state index is 13.4. The fraction of sp³-hybridized carbons (Fsp3) is 0.480. The van der Waals surface area contributed by atoms with Crippen molar-refractivity contribution in [3.05, 3.63) is 46.0 Å². The minimum absolute atomic E-state index is 0.0328. The lowest BCUT2D eigenvalue weighted by molar-refractivity contribution is -0.127. The van der Waals surface area contributed by atoms with Crippen LogP contribution in [-0.2, 0) is 14.8 Å². The summed E-state index contributed by atoms with van der Waals surface area (Å²) in [5.74, 6) is 0.546. The molecule has 0 saturated carbocycles. The zero-order chi connectivity index (χ0) is 24.0. The summed E-state index contributed by atoms with van der Waals surface area (Å²) in [4.78, 5) is 15.2. The third-order valence-electron chi connectivity index (χ3n) is 6.56. The first-order chi connectivity index (χ1) is 14.8. The number of benzene rings is 2. The number of nitrogens with zero attached hydrogens (tertiary/aromatic N) is 1. The molecule has 1 aliphatic heterocycles. The molecule has 1 heterocycles. The predicted octanol–water partition coefficient (Wildman–Crippen LogP) is 5.19. The molecule has 1 N–H and O–H groups in total. The molecule has 0 aliphatic carbocycles. The largest absolute Gasteiger partial charge is 0.490 e. The molecule has 0 bridgehead atoms. The zero-order valence-electron chi connectivity index (χ0n) is 20.3. The number of fused-ring (bicyclic) bond motifs is 1. The van der Waals surface area contributed by atoms with Crippen molar-refractivity contribution in [1.29, 1.82) is 0 Å². The van der Waals surface area contributed by atoms with Gasteiger partial charge in [-0.25, -0.2) is 8.42 Å². The molecule has 3 rings (SSSR count). The van der Waals surface area contributed by atoms with E-state index in [2.05, 4.69) is 4.72 Å². The molecule has 7 heteroatoms. The number of hydrogen-bond donors (Lipinski definition) is 1. The third kappa shape index (κ3) is 4.10. The van der Waals surface area contributed by atoms with Gasteiger partial charge in [-0.1, -0.05) is 6.92 Å². The minimum Gasteiger partial charge on any atom is -0.490 e. The highest BCUT2D eigenvalue weighted by molar-refractivity contribution is 7.92. The fourth-order valence-electron chi connectivity index (χ4n) is 4.23. The van der Waals surface area contributed by atoms with Crippen LogP contribution >= 0.6 is 0 Å². The standard InChI is InChI=1S/C25H34N2O4S/c1-9-12-27-21-13-20(10-11-22(21)31-14-25(7,8)24(27)28)26-32(29,30)23-18(5)16(3)15(2)17(4)19(23)6/h10-11,13,26H,9,12,14H2,1-8H3. The van der Waals surface area contributed by atoms with Gasteiger partial charge in [0.15, 0.2) is 0 Å². The second kappa shape index (κ2) is 8.43. The molecule has 0 atom stereocenters. The molecule has 2 aromatic rings. The molecule has 0 saturated heterocycles. The highest BCUT2D eigenvalue weighted by atomic mass is 32.2. The van der Waals surface area contributed by atoms with Gasteiger partial charge in [-0.15, -0.1) is 0 Å². The van der Waals surface area contributed by atoms with Crippen molar-refractivity contribution >= 4 is 27.3 Å². The van der Waals surface area contributed by atoms with Crippen LogP contribution in [0.5, 0.6) is 5.75 Å². The van der Waals surface area contributed by atoms with Crippen LogP contribution in [0.3, 0.4) is 0 Å². The monoisotopic (exact) mass is 458 g/mol. The number of amides is 1. The Balaban J connectivity index is 2.08. The quantitative estimate of drug-likeness (QED) is 0.669. The maximum absolute atomic E-state index is 13.4. The van der Waals surface area contributed by atoms with Crippen molar-refractivity contribution in [3.63, 3.8) is 0 Å². The summed E-state index contributed by atoms with van der Waals surface area (Å²) in [5.41, 5.74) is 4.89. The number of carbonyl (C=O) groups excluding carboxylic acids is 1. The number of hydrogen-bond acceptors (Lipinski definition) is 4. The summed E-state index contributed by atoms with van der Waals surface area (Å²) in [7, 11) is -3.83. The van der Waals surface area contributed by atoms with Gasteiger partial charge in [0.1, 0.15) is 12.4 Å². The van der Waals surface area contributed by atoms with E-state index in [0.29, 0.717) is 28.6 Å². The van der Waals surface area contributed by atoms with E-state index in [9.17, 15) is 13.2 Å². The Labute approximate surface area is 192 Å². The highest BCUT2D eigenvalue weighted by Crippen LogP contribution is 2.39. The minimum atomic E-state index is -3.83. The normalized spacial score (nSPS) is 15.8. The lowest BCUT2D eigenvalue weighted by Gasteiger charge is -2.28. The number of sulfonamides is 1. The Morgan fingerprint density at radius 3 is 2.12 bits per heavy atom. The molecule has 6 nitrogen and oxygen atoms in total. The van der Waals surface area contributed by atoms with Gasteiger partial charge in [-0.2, -0.15) is 0 Å². The Bertz CT molecular complexity index is 1150. The van der Waals surface area contributed by atoms with Crippen LogP contribution in [0.15, 0.2) is 23.1 Å². The predicted molar refractivity (Wildman–Crippen MR) is 129 cm³/mol. The van der Waals surface area contributed by atoms with E-state index in [1.54, 1.807) is 23.1 Å². The average Bonchev–Trinajstić information content (AvgIpc) is 2.81. The van der Waals surface area contributed by atoms with Crippen LogP contribution < -0.4 is 14.4 Å². The summed E-state index contributed by atoms with van der Waals surface area (Å²) in [6.45, 7) is 16.1. The molecule has 1 aliphatic rings. The maximum Gasteiger partial charge on any atom is 0.262 e. The van der Waals surface area contributed by atoms with Crippen LogP contribution in [0.1, 0.15) is 55.0 Å². The summed E-state index contributed by atoms with van der Waals surface area (Å²) < 4.78 is 35.6. The molecule has 0 aromatic heterocycles. The summed E-state index contributed by atoms with van der Waals surface area (Å²) in [6.07, 6.45) is 0.775. The fourth-order valence-corrected chi connectivity index (χ4v) is 5.88. The zero-order valence-corrected chi connectivity index (χ0v) is 21.2. The van der Waals surface area contributed by atoms with Crippen LogP contribution in [0, 0.1) is 40.0 Å². The summed E-state index contributed by atoms with van der Waals surface area (Å²) in [5, 5.41) is 0. The molecular formula is C25H34N2O4S. The first-order valence-corrected chi connectivity index (χ1v) is 12.5. The van der Waals surface area contributed by atoms with Crippen LogP contribution in [0.25, 0.3) is 0 Å². The molecular weight excluding hydrogens is 424 g/mol. The van der Waals surface area contributed by atoms with Gasteiger partial charge in [-0.05, 0) is 101 Å². The number of rotatable bonds is 5. The summed E-state index contributed by atoms with van der Waals surface area (Å²) >= 11 is 0. The molecule has 0 radical (unpaired) electrons. The molecule has 0 unspecified atom stereocenters. The van der Waals surface area contributed by atoms with E-state index in [4.69, 9.17) is 4.74 Å². The van der Waals surface area contributed by atoms with Gasteiger partial charge in [0.2, 0.25) is 5.91 Å². The molecule has 0 spiro atoms. The van der Waals surface area contributed by atoms with Crippen molar-refractivity contribution in [3.8, 4) is 5.75 Å². The van der Waals surface area contributed by atoms with Crippen molar-refractivity contribution < 1.29 is 17.9 Å². The Morgan fingerprint density at radius 1 is 1.00 bits per heavy atom. The van der Waals surface area contributed by atoms with E-state index >= 15 is 0 Å². The van der Waals surface area contributed by atoms with Crippen molar-refractivity contribution in [2.45, 2.75) is 66.7 Å². The average molecular weight is 459 g/mol. The van der Waals surface area contributed by atoms with Crippen molar-refractivity contribution in [2.75, 3.05) is 22.8 Å². The second-order valence-corrected chi connectivity index (χ2v) is 11.0. The topological polar surface area (TPSA) is 75.7 Å². The van der Waals surface area contributed by atoms with E-state index < -0.39 is 15.4 Å². The molecule has 1 amide bonds. The summed E-state index contributed by atoms with van der Waals surface area (Å²) in [6, 6.07) is 5.11.